The van der Waals surface area contributed by atoms with Gasteiger partial charge < -0.3 is 14.6 Å². The summed E-state index contributed by atoms with van der Waals surface area (Å²) in [5.41, 5.74) is 0.919. The highest BCUT2D eigenvalue weighted by Gasteiger charge is 2.16. The maximum absolute atomic E-state index is 12.1. The van der Waals surface area contributed by atoms with Gasteiger partial charge in [-0.05, 0) is 19.2 Å². The molecule has 0 bridgehead atoms. The van der Waals surface area contributed by atoms with Gasteiger partial charge >= 0.3 is 0 Å². The number of nitrogens with one attached hydrogen (secondary N) is 1. The van der Waals surface area contributed by atoms with Crippen molar-refractivity contribution in [2.24, 2.45) is 0 Å². The summed E-state index contributed by atoms with van der Waals surface area (Å²) in [5, 5.41) is 4.39. The summed E-state index contributed by atoms with van der Waals surface area (Å²) in [6, 6.07) is 10.1. The molecule has 1 aromatic heterocycles. The van der Waals surface area contributed by atoms with Crippen molar-refractivity contribution in [1.29, 1.82) is 0 Å². The molecule has 1 fully saturated rings. The van der Waals surface area contributed by atoms with E-state index in [0.29, 0.717) is 6.42 Å². The molecule has 1 saturated heterocycles. The number of amides is 1. The van der Waals surface area contributed by atoms with Gasteiger partial charge in [0.05, 0.1) is 6.54 Å². The first-order valence-corrected chi connectivity index (χ1v) is 7.87. The summed E-state index contributed by atoms with van der Waals surface area (Å²) < 4.78 is 5.82. The Bertz CT molecular complexity index is 599. The predicted molar refractivity (Wildman–Crippen MR) is 86.6 cm³/mol. The first kappa shape index (κ1) is 15.1. The topological polar surface area (TPSA) is 48.7 Å². The fourth-order valence-corrected chi connectivity index (χ4v) is 2.82. The van der Waals surface area contributed by atoms with Gasteiger partial charge in [-0.2, -0.15) is 0 Å². The number of para-hydroxylation sites is 1. The van der Waals surface area contributed by atoms with Crippen LogP contribution in [0.25, 0.3) is 11.0 Å². The third-order valence-electron chi connectivity index (χ3n) is 4.08. The number of benzene rings is 1. The predicted octanol–water partition coefficient (Wildman–Crippen LogP) is 1.69. The smallest absolute Gasteiger partial charge is 0.223 e. The Kier molecular flexibility index (Phi) is 4.75. The van der Waals surface area contributed by atoms with Crippen LogP contribution >= 0.6 is 0 Å². The van der Waals surface area contributed by atoms with Crippen molar-refractivity contribution in [2.75, 3.05) is 39.8 Å². The lowest BCUT2D eigenvalue weighted by Gasteiger charge is -2.28. The molecule has 5 nitrogen and oxygen atoms in total. The van der Waals surface area contributed by atoms with Crippen molar-refractivity contribution >= 4 is 16.9 Å². The van der Waals surface area contributed by atoms with Crippen molar-refractivity contribution in [1.82, 2.24) is 15.1 Å². The van der Waals surface area contributed by atoms with E-state index >= 15 is 0 Å². The van der Waals surface area contributed by atoms with Crippen LogP contribution < -0.4 is 5.32 Å². The zero-order valence-electron chi connectivity index (χ0n) is 13.0. The number of furan rings is 1. The van der Waals surface area contributed by atoms with Crippen LogP contribution in [0.3, 0.4) is 0 Å². The summed E-state index contributed by atoms with van der Waals surface area (Å²) in [6.07, 6.45) is 0.566. The fraction of sp³-hybridized carbons (Fsp3) is 0.471. The molecule has 0 atom stereocenters. The quantitative estimate of drug-likeness (QED) is 0.913. The van der Waals surface area contributed by atoms with Crippen molar-refractivity contribution < 1.29 is 9.21 Å². The number of nitrogens with zero attached hydrogens (tertiary/aromatic N) is 2. The molecule has 0 saturated carbocycles. The standard InChI is InChI=1S/C17H23N3O2/c1-19(9-6-17(21)20-10-7-18-8-11-20)13-15-12-14-4-2-3-5-16(14)22-15/h2-5,12,18H,6-11,13H2,1H3. The molecular formula is C17H23N3O2. The lowest BCUT2D eigenvalue weighted by Crippen LogP contribution is -2.47. The maximum Gasteiger partial charge on any atom is 0.223 e. The van der Waals surface area contributed by atoms with Gasteiger partial charge in [0.15, 0.2) is 0 Å². The molecule has 1 aliphatic heterocycles. The van der Waals surface area contributed by atoms with Crippen LogP contribution in [0.5, 0.6) is 0 Å². The normalized spacial score (nSPS) is 15.6. The van der Waals surface area contributed by atoms with Crippen LogP contribution in [0.15, 0.2) is 34.7 Å². The lowest BCUT2D eigenvalue weighted by molar-refractivity contribution is -0.132. The van der Waals surface area contributed by atoms with E-state index < -0.39 is 0 Å². The van der Waals surface area contributed by atoms with Gasteiger partial charge in [-0.25, -0.2) is 0 Å². The molecular weight excluding hydrogens is 278 g/mol. The van der Waals surface area contributed by atoms with Crippen LogP contribution in [0.4, 0.5) is 0 Å². The number of rotatable bonds is 5. The molecule has 0 spiro atoms. The van der Waals surface area contributed by atoms with Gasteiger partial charge in [-0.1, -0.05) is 18.2 Å². The highest BCUT2D eigenvalue weighted by Crippen LogP contribution is 2.19. The first-order valence-electron chi connectivity index (χ1n) is 7.87. The van der Waals surface area contributed by atoms with Gasteiger partial charge in [0.2, 0.25) is 5.91 Å². The van der Waals surface area contributed by atoms with Crippen LogP contribution in [0.2, 0.25) is 0 Å². The van der Waals surface area contributed by atoms with Gasteiger partial charge in [0.25, 0.3) is 0 Å². The fourth-order valence-electron chi connectivity index (χ4n) is 2.82. The van der Waals surface area contributed by atoms with Gasteiger partial charge in [-0.3, -0.25) is 9.69 Å². The Balaban J connectivity index is 1.49. The molecule has 0 radical (unpaired) electrons. The van der Waals surface area contributed by atoms with E-state index in [2.05, 4.69) is 22.3 Å². The Labute approximate surface area is 130 Å². The molecule has 2 heterocycles. The zero-order chi connectivity index (χ0) is 15.4. The second-order valence-corrected chi connectivity index (χ2v) is 5.87. The summed E-state index contributed by atoms with van der Waals surface area (Å²) in [6.45, 7) is 4.93. The highest BCUT2D eigenvalue weighted by atomic mass is 16.3. The minimum absolute atomic E-state index is 0.248. The number of fused-ring (bicyclic) bond motifs is 1. The number of carbonyl (C=O) groups is 1. The van der Waals surface area contributed by atoms with E-state index in [1.165, 1.54) is 0 Å². The van der Waals surface area contributed by atoms with Crippen LogP contribution in [0.1, 0.15) is 12.2 Å². The Morgan fingerprint density at radius 1 is 1.32 bits per heavy atom. The first-order chi connectivity index (χ1) is 10.7. The average molecular weight is 301 g/mol. The number of carbonyl (C=O) groups excluding carboxylic acids is 1. The largest absolute Gasteiger partial charge is 0.460 e. The van der Waals surface area contributed by atoms with Crippen molar-refractivity contribution in [3.8, 4) is 0 Å². The van der Waals surface area contributed by atoms with Crippen molar-refractivity contribution in [3.05, 3.63) is 36.1 Å². The lowest BCUT2D eigenvalue weighted by atomic mass is 10.2. The Hall–Kier alpha value is -1.85. The van der Waals surface area contributed by atoms with E-state index in [-0.39, 0.29) is 5.91 Å². The van der Waals surface area contributed by atoms with Gasteiger partial charge in [0.1, 0.15) is 11.3 Å². The van der Waals surface area contributed by atoms with E-state index in [1.54, 1.807) is 0 Å². The molecule has 1 amide bonds. The van der Waals surface area contributed by atoms with E-state index in [0.717, 1.165) is 56.0 Å². The third kappa shape index (κ3) is 3.67. The molecule has 2 aromatic rings. The number of piperazine rings is 1. The van der Waals surface area contributed by atoms with E-state index in [1.807, 2.05) is 30.1 Å². The Morgan fingerprint density at radius 3 is 2.86 bits per heavy atom. The highest BCUT2D eigenvalue weighted by molar-refractivity contribution is 5.77. The molecule has 0 aliphatic carbocycles. The third-order valence-corrected chi connectivity index (χ3v) is 4.08. The molecule has 1 aliphatic rings. The van der Waals surface area contributed by atoms with Gasteiger partial charge in [0, 0.05) is 44.5 Å². The molecule has 3 rings (SSSR count). The summed E-state index contributed by atoms with van der Waals surface area (Å²) >= 11 is 0. The molecule has 118 valence electrons. The molecule has 1 aromatic carbocycles. The summed E-state index contributed by atoms with van der Waals surface area (Å²) in [7, 11) is 2.03. The van der Waals surface area contributed by atoms with E-state index in [4.69, 9.17) is 4.42 Å². The number of hydrogen-bond donors (Lipinski definition) is 1. The van der Waals surface area contributed by atoms with Crippen LogP contribution in [-0.4, -0.2) is 55.5 Å². The second kappa shape index (κ2) is 6.94. The average Bonchev–Trinajstić information content (AvgIpc) is 2.95. The van der Waals surface area contributed by atoms with Crippen molar-refractivity contribution in [2.45, 2.75) is 13.0 Å². The van der Waals surface area contributed by atoms with Crippen LogP contribution in [0, 0.1) is 0 Å². The van der Waals surface area contributed by atoms with Gasteiger partial charge in [-0.15, -0.1) is 0 Å². The van der Waals surface area contributed by atoms with E-state index in [9.17, 15) is 4.79 Å². The minimum atomic E-state index is 0.248. The monoisotopic (exact) mass is 301 g/mol. The number of hydrogen-bond acceptors (Lipinski definition) is 4. The summed E-state index contributed by atoms with van der Waals surface area (Å²) in [5.74, 6) is 1.19. The Morgan fingerprint density at radius 2 is 2.09 bits per heavy atom. The van der Waals surface area contributed by atoms with Crippen LogP contribution in [-0.2, 0) is 11.3 Å². The molecule has 22 heavy (non-hydrogen) atoms. The zero-order valence-corrected chi connectivity index (χ0v) is 13.0. The molecule has 0 unspecified atom stereocenters. The molecule has 1 N–H and O–H groups in total. The van der Waals surface area contributed by atoms with Crippen molar-refractivity contribution in [3.63, 3.8) is 0 Å². The maximum atomic E-state index is 12.1. The minimum Gasteiger partial charge on any atom is -0.460 e. The second-order valence-electron chi connectivity index (χ2n) is 5.87. The SMILES string of the molecule is CN(CCC(=O)N1CCNCC1)Cc1cc2ccccc2o1. The summed E-state index contributed by atoms with van der Waals surface area (Å²) in [4.78, 5) is 16.2. The molecule has 5 heteroatoms.